The Morgan fingerprint density at radius 2 is 1.87 bits per heavy atom. The van der Waals surface area contributed by atoms with Gasteiger partial charge in [0, 0.05) is 37.7 Å². The molecule has 3 aromatic rings. The van der Waals surface area contributed by atoms with Gasteiger partial charge in [-0.05, 0) is 82.4 Å². The first-order valence-corrected chi connectivity index (χ1v) is 11.3. The van der Waals surface area contributed by atoms with Gasteiger partial charge < -0.3 is 15.5 Å². The average Bonchev–Trinajstić information content (AvgIpc) is 3.45. The number of aryl methyl sites for hydroxylation is 2. The van der Waals surface area contributed by atoms with Crippen LogP contribution in [0.5, 0.6) is 0 Å². The Morgan fingerprint density at radius 3 is 2.70 bits per heavy atom. The van der Waals surface area contributed by atoms with E-state index in [1.54, 1.807) is 0 Å². The number of nitrogens with one attached hydrogen (secondary N) is 2. The molecule has 2 aliphatic rings. The molecule has 0 spiro atoms. The van der Waals surface area contributed by atoms with Crippen molar-refractivity contribution in [2.75, 3.05) is 38.5 Å². The van der Waals surface area contributed by atoms with Crippen LogP contribution in [0.15, 0.2) is 42.7 Å². The van der Waals surface area contributed by atoms with Crippen molar-refractivity contribution < 1.29 is 0 Å². The molecule has 6 nitrogen and oxygen atoms in total. The Bertz CT molecular complexity index is 903. The van der Waals surface area contributed by atoms with Crippen molar-refractivity contribution in [2.45, 2.75) is 45.1 Å². The van der Waals surface area contributed by atoms with Gasteiger partial charge in [0.05, 0.1) is 5.69 Å². The maximum Gasteiger partial charge on any atom is 0.138 e. The average molecular weight is 407 g/mol. The van der Waals surface area contributed by atoms with Crippen LogP contribution >= 0.6 is 0 Å². The third kappa shape index (κ3) is 5.37. The van der Waals surface area contributed by atoms with E-state index < -0.39 is 0 Å². The van der Waals surface area contributed by atoms with Crippen LogP contribution in [0, 0.1) is 0 Å². The number of likely N-dealkylation sites (tertiary alicyclic amines) is 1. The van der Waals surface area contributed by atoms with Gasteiger partial charge in [0.25, 0.3) is 0 Å². The van der Waals surface area contributed by atoms with E-state index in [2.05, 4.69) is 54.3 Å². The number of pyridine rings is 2. The van der Waals surface area contributed by atoms with E-state index in [4.69, 9.17) is 0 Å². The lowest BCUT2D eigenvalue weighted by molar-refractivity contribution is 0.352. The number of hydrogen-bond acceptors (Lipinski definition) is 5. The molecule has 0 unspecified atom stereocenters. The summed E-state index contributed by atoms with van der Waals surface area (Å²) in [6.07, 6.45) is 11.8. The van der Waals surface area contributed by atoms with Gasteiger partial charge in [0.15, 0.2) is 0 Å². The molecule has 0 atom stereocenters. The number of aromatic nitrogens is 3. The summed E-state index contributed by atoms with van der Waals surface area (Å²) in [5, 5.41) is 6.67. The lowest BCUT2D eigenvalue weighted by atomic mass is 9.96. The van der Waals surface area contributed by atoms with E-state index in [1.807, 2.05) is 25.4 Å². The van der Waals surface area contributed by atoms with Crippen LogP contribution in [0.25, 0.3) is 5.65 Å². The molecule has 0 saturated carbocycles. The molecule has 1 aliphatic carbocycles. The molecule has 5 rings (SSSR count). The predicted octanol–water partition coefficient (Wildman–Crippen LogP) is 3.52. The lowest BCUT2D eigenvalue weighted by Gasteiger charge is -2.15. The van der Waals surface area contributed by atoms with Crippen molar-refractivity contribution in [3.63, 3.8) is 0 Å². The normalized spacial score (nSPS) is 16.2. The van der Waals surface area contributed by atoms with E-state index in [0.29, 0.717) is 0 Å². The van der Waals surface area contributed by atoms with Gasteiger partial charge in [-0.15, -0.1) is 0 Å². The Kier molecular flexibility index (Phi) is 7.32. The zero-order valence-corrected chi connectivity index (χ0v) is 18.1. The van der Waals surface area contributed by atoms with Crippen molar-refractivity contribution in [1.29, 1.82) is 0 Å². The number of anilines is 1. The Hall–Kier alpha value is -2.44. The van der Waals surface area contributed by atoms with Crippen LogP contribution in [0.2, 0.25) is 0 Å². The summed E-state index contributed by atoms with van der Waals surface area (Å²) in [4.78, 5) is 11.4. The fraction of sp³-hybridized carbons (Fsp3) is 0.500. The zero-order chi connectivity index (χ0) is 20.6. The van der Waals surface area contributed by atoms with Crippen molar-refractivity contribution in [3.05, 3.63) is 59.7 Å². The smallest absolute Gasteiger partial charge is 0.138 e. The van der Waals surface area contributed by atoms with Gasteiger partial charge in [-0.3, -0.25) is 9.38 Å². The standard InChI is InChI=1S/C15H23N5.C9H11N/c1-16-11-13-12-20-14(5-4-6-15(20)18-13)17-7-10-19-8-2-3-9-19;1-2-6-9-8(4-1)5-3-7-10-9/h4-6,12,16-17H,2-3,7-11H2,1H3;3,5,7H,1-2,4,6H2. The molecular weight excluding hydrogens is 372 g/mol. The topological polar surface area (TPSA) is 57.5 Å². The van der Waals surface area contributed by atoms with Crippen LogP contribution in [0.1, 0.15) is 42.6 Å². The molecule has 3 aromatic heterocycles. The molecule has 0 amide bonds. The third-order valence-electron chi connectivity index (χ3n) is 5.93. The van der Waals surface area contributed by atoms with E-state index in [1.165, 1.54) is 62.9 Å². The maximum absolute atomic E-state index is 4.60. The highest BCUT2D eigenvalue weighted by molar-refractivity contribution is 5.51. The van der Waals surface area contributed by atoms with E-state index in [9.17, 15) is 0 Å². The second-order valence-corrected chi connectivity index (χ2v) is 8.19. The summed E-state index contributed by atoms with van der Waals surface area (Å²) in [7, 11) is 1.94. The van der Waals surface area contributed by atoms with E-state index >= 15 is 0 Å². The predicted molar refractivity (Wildman–Crippen MR) is 123 cm³/mol. The fourth-order valence-corrected chi connectivity index (χ4v) is 4.35. The summed E-state index contributed by atoms with van der Waals surface area (Å²) in [5.74, 6) is 1.12. The van der Waals surface area contributed by atoms with Crippen LogP contribution < -0.4 is 10.6 Å². The van der Waals surface area contributed by atoms with Crippen molar-refractivity contribution in [3.8, 4) is 0 Å². The van der Waals surface area contributed by atoms with Crippen LogP contribution in [-0.2, 0) is 19.4 Å². The maximum atomic E-state index is 4.60. The van der Waals surface area contributed by atoms with E-state index in [-0.39, 0.29) is 0 Å². The SMILES string of the molecule is CNCc1cn2c(NCCN3CCCC3)cccc2n1.c1cnc2c(c1)CCCC2. The minimum atomic E-state index is 0.800. The highest BCUT2D eigenvalue weighted by atomic mass is 15.2. The number of nitrogens with zero attached hydrogens (tertiary/aromatic N) is 4. The number of fused-ring (bicyclic) bond motifs is 2. The van der Waals surface area contributed by atoms with Crippen molar-refractivity contribution in [2.24, 2.45) is 0 Å². The summed E-state index contributed by atoms with van der Waals surface area (Å²) in [6.45, 7) is 5.41. The minimum absolute atomic E-state index is 0.800. The van der Waals surface area contributed by atoms with Crippen molar-refractivity contribution >= 4 is 11.5 Å². The summed E-state index contributed by atoms with van der Waals surface area (Å²) >= 11 is 0. The minimum Gasteiger partial charge on any atom is -0.370 e. The van der Waals surface area contributed by atoms with Crippen LogP contribution in [-0.4, -0.2) is 52.5 Å². The molecule has 1 saturated heterocycles. The molecule has 2 N–H and O–H groups in total. The number of hydrogen-bond donors (Lipinski definition) is 2. The first kappa shape index (κ1) is 20.8. The molecule has 30 heavy (non-hydrogen) atoms. The Balaban J connectivity index is 0.000000181. The lowest BCUT2D eigenvalue weighted by Crippen LogP contribution is -2.26. The largest absolute Gasteiger partial charge is 0.370 e. The van der Waals surface area contributed by atoms with Crippen molar-refractivity contribution in [1.82, 2.24) is 24.6 Å². The fourth-order valence-electron chi connectivity index (χ4n) is 4.35. The molecule has 0 aromatic carbocycles. The number of imidazole rings is 1. The molecule has 0 bridgehead atoms. The van der Waals surface area contributed by atoms with Crippen LogP contribution in [0.4, 0.5) is 5.82 Å². The molecule has 4 heterocycles. The quantitative estimate of drug-likeness (QED) is 0.656. The molecule has 6 heteroatoms. The molecule has 1 aliphatic heterocycles. The van der Waals surface area contributed by atoms with Crippen LogP contribution in [0.3, 0.4) is 0 Å². The summed E-state index contributed by atoms with van der Waals surface area (Å²) < 4.78 is 2.14. The number of rotatable bonds is 6. The Morgan fingerprint density at radius 1 is 1.00 bits per heavy atom. The summed E-state index contributed by atoms with van der Waals surface area (Å²) in [5.41, 5.74) is 4.87. The first-order valence-electron chi connectivity index (χ1n) is 11.3. The molecular formula is C24H34N6. The van der Waals surface area contributed by atoms with Gasteiger partial charge >= 0.3 is 0 Å². The molecule has 1 fully saturated rings. The van der Waals surface area contributed by atoms with Gasteiger partial charge in [-0.25, -0.2) is 4.98 Å². The third-order valence-corrected chi connectivity index (χ3v) is 5.93. The molecule has 0 radical (unpaired) electrons. The second kappa shape index (κ2) is 10.5. The summed E-state index contributed by atoms with van der Waals surface area (Å²) in [6, 6.07) is 10.4. The first-order chi connectivity index (χ1) is 14.8. The second-order valence-electron chi connectivity index (χ2n) is 8.19. The van der Waals surface area contributed by atoms with Gasteiger partial charge in [0.2, 0.25) is 0 Å². The Labute approximate surface area is 179 Å². The highest BCUT2D eigenvalue weighted by Crippen LogP contribution is 2.17. The zero-order valence-electron chi connectivity index (χ0n) is 18.1. The van der Waals surface area contributed by atoms with Gasteiger partial charge in [0.1, 0.15) is 11.5 Å². The van der Waals surface area contributed by atoms with E-state index in [0.717, 1.165) is 36.8 Å². The monoisotopic (exact) mass is 406 g/mol. The van der Waals surface area contributed by atoms with Gasteiger partial charge in [-0.2, -0.15) is 0 Å². The van der Waals surface area contributed by atoms with Gasteiger partial charge in [-0.1, -0.05) is 12.1 Å². The molecule has 160 valence electrons. The highest BCUT2D eigenvalue weighted by Gasteiger charge is 2.11.